The monoisotopic (exact) mass is 1030 g/mol. The third-order valence-electron chi connectivity index (χ3n) is 18.0. The maximum absolute atomic E-state index is 12.4. The van der Waals surface area contributed by atoms with Crippen LogP contribution < -0.4 is 0 Å². The first kappa shape index (κ1) is 50.7. The first-order valence-electron chi connectivity index (χ1n) is 25.3. The van der Waals surface area contributed by atoms with Crippen molar-refractivity contribution in [2.45, 2.75) is 264 Å². The molecule has 0 unspecified atom stereocenters. The SMILES string of the molecule is CC(=O)C1=C(C)C[C@@H]2O[C@@]3(C)[C@H](C[C@H]2O1)O[C@@H]1C[C@@H]2O[C@@H]4C[C@@H]5O[C@@H]6C[C@@H]7O[C@@H]8C[C@@H]9O[C@](C)(CCOS(=O)(=O)O)[C@@H](OS(=O)(=O)O)C[C@H]9O[C@H]8C[C@H]7O[C@H]6CC[C@@]5(C)O[C@@]4(C)C[C@H](C)[C@H]2O[C@H]1[C@H]3O. The molecule has 11 aliphatic rings. The lowest BCUT2D eigenvalue weighted by Gasteiger charge is -2.59. The van der Waals surface area contributed by atoms with Gasteiger partial charge in [-0.15, -0.1) is 0 Å². The molecule has 10 saturated heterocycles. The highest BCUT2D eigenvalue weighted by Gasteiger charge is 2.65. The third-order valence-corrected chi connectivity index (χ3v) is 18.9. The number of hydrogen-bond donors (Lipinski definition) is 3. The molecule has 0 aromatic carbocycles. The second-order valence-electron chi connectivity index (χ2n) is 23.1. The van der Waals surface area contributed by atoms with Gasteiger partial charge < -0.3 is 57.2 Å². The van der Waals surface area contributed by atoms with Gasteiger partial charge in [0.2, 0.25) is 0 Å². The molecule has 11 heterocycles. The topological polar surface area (TPSA) is 266 Å². The molecule has 0 spiro atoms. The van der Waals surface area contributed by atoms with Crippen LogP contribution in [0.2, 0.25) is 0 Å². The predicted molar refractivity (Wildman–Crippen MR) is 238 cm³/mol. The van der Waals surface area contributed by atoms with E-state index in [1.54, 1.807) is 0 Å². The van der Waals surface area contributed by atoms with E-state index in [2.05, 4.69) is 25.0 Å². The van der Waals surface area contributed by atoms with Crippen LogP contribution in [0.3, 0.4) is 0 Å². The molecule has 0 aromatic heterocycles. The summed E-state index contributed by atoms with van der Waals surface area (Å²) in [4.78, 5) is 12.4. The summed E-state index contributed by atoms with van der Waals surface area (Å²) in [6.45, 7) is 12.7. The summed E-state index contributed by atoms with van der Waals surface area (Å²) >= 11 is 0. The minimum atomic E-state index is -4.94. The number of ether oxygens (including phenoxy) is 11. The van der Waals surface area contributed by atoms with Crippen molar-refractivity contribution in [1.29, 1.82) is 0 Å². The van der Waals surface area contributed by atoms with Crippen molar-refractivity contribution < 1.29 is 96.3 Å². The molecule has 0 saturated carbocycles. The molecule has 0 aliphatic carbocycles. The number of aliphatic hydroxyl groups excluding tert-OH is 1. The van der Waals surface area contributed by atoms with Gasteiger partial charge in [-0.3, -0.25) is 13.9 Å². The van der Waals surface area contributed by atoms with Crippen LogP contribution in [0.5, 0.6) is 0 Å². The highest BCUT2D eigenvalue weighted by atomic mass is 32.3. The number of aliphatic hydroxyl groups is 1. The van der Waals surface area contributed by atoms with Crippen LogP contribution in [-0.2, 0) is 86.1 Å². The van der Waals surface area contributed by atoms with Crippen LogP contribution in [0.15, 0.2) is 11.3 Å². The summed E-state index contributed by atoms with van der Waals surface area (Å²) < 4.78 is 149. The van der Waals surface area contributed by atoms with Gasteiger partial charge in [-0.1, -0.05) is 6.92 Å². The second kappa shape index (κ2) is 17.8. The van der Waals surface area contributed by atoms with Gasteiger partial charge in [-0.25, -0.2) is 8.37 Å². The van der Waals surface area contributed by atoms with Crippen molar-refractivity contribution in [3.8, 4) is 0 Å². The summed E-state index contributed by atoms with van der Waals surface area (Å²) in [5.74, 6) is 0.267. The Morgan fingerprint density at radius 1 is 0.657 bits per heavy atom. The van der Waals surface area contributed by atoms with Gasteiger partial charge in [-0.05, 0) is 65.4 Å². The van der Waals surface area contributed by atoms with Crippen molar-refractivity contribution in [3.05, 3.63) is 11.3 Å². The van der Waals surface area contributed by atoms with Crippen LogP contribution in [-0.4, -0.2) is 182 Å². The van der Waals surface area contributed by atoms with Crippen molar-refractivity contribution in [2.24, 2.45) is 5.92 Å². The number of hydrogen-bond acceptors (Lipinski definition) is 19. The lowest BCUT2D eigenvalue weighted by molar-refractivity contribution is -0.355. The summed E-state index contributed by atoms with van der Waals surface area (Å²) in [5.41, 5.74) is -3.00. The number of allylic oxidation sites excluding steroid dienone is 1. The first-order chi connectivity index (χ1) is 32.8. The molecule has 70 heavy (non-hydrogen) atoms. The largest absolute Gasteiger partial charge is 0.484 e. The Labute approximate surface area is 409 Å². The molecule has 11 aliphatic heterocycles. The lowest BCUT2D eigenvalue weighted by Crippen LogP contribution is -2.73. The van der Waals surface area contributed by atoms with E-state index < -0.39 is 105 Å². The summed E-state index contributed by atoms with van der Waals surface area (Å²) in [6, 6.07) is 0. The normalized spacial score (nSPS) is 53.2. The number of fused-ring (bicyclic) bond motifs is 10. The molecule has 23 heteroatoms. The molecule has 10 fully saturated rings. The number of carbonyl (C=O) groups excluding carboxylic acids is 1. The fourth-order valence-corrected chi connectivity index (χ4v) is 15.4. The van der Waals surface area contributed by atoms with Crippen molar-refractivity contribution in [2.75, 3.05) is 6.61 Å². The second-order valence-corrected chi connectivity index (χ2v) is 25.2. The molecule has 0 aromatic rings. The van der Waals surface area contributed by atoms with Crippen LogP contribution in [0, 0.1) is 5.92 Å². The van der Waals surface area contributed by atoms with E-state index in [-0.39, 0.29) is 85.6 Å². The van der Waals surface area contributed by atoms with E-state index in [4.69, 9.17) is 60.8 Å². The number of rotatable bonds is 7. The summed E-state index contributed by atoms with van der Waals surface area (Å²) in [6.07, 6.45) is -3.71. The molecular formula is C47H70O21S2. The smallest absolute Gasteiger partial charge is 0.397 e. The average Bonchev–Trinajstić information content (AvgIpc) is 3.44. The Morgan fingerprint density at radius 2 is 1.24 bits per heavy atom. The Hall–Kier alpha value is -1.49. The van der Waals surface area contributed by atoms with Gasteiger partial charge in [0.05, 0.1) is 115 Å². The quantitative estimate of drug-likeness (QED) is 0.309. The predicted octanol–water partition coefficient (Wildman–Crippen LogP) is 3.17. The minimum absolute atomic E-state index is 0.00635. The van der Waals surface area contributed by atoms with E-state index in [1.165, 1.54) is 13.8 Å². The lowest BCUT2D eigenvalue weighted by atomic mass is 9.74. The molecule has 3 N–H and O–H groups in total. The standard InChI is InChI=1S/C47H70O21S2/c1-21-12-32-31(63-40(21)23(3)48)18-39-47(7,66-32)43(49)42-35(62-39)16-34-41(64-42)22(2)20-46(6)37(61-34)19-36-45(5,68-46)9-8-24-25(60-36)13-27-26(57-24)14-28-29(58-27)15-33-30(59-28)17-38(67-70(53,54)55)44(4,65-33)10-11-56-69(50,51)52/h22,24-39,41-43,49H,8-20H2,1-7H3,(H,50,51,52)(H,53,54,55)/t22-,24-,25+,26+,27-,28-,29+,30+,31+,32-,33-,34-,35+,36-,37+,38-,39-,41+,42+,43+,44+,45+,46-,47-/m0/s1. The van der Waals surface area contributed by atoms with Gasteiger partial charge in [0.1, 0.15) is 30.0 Å². The first-order valence-corrected chi connectivity index (χ1v) is 28.0. The van der Waals surface area contributed by atoms with Crippen molar-refractivity contribution >= 4 is 26.6 Å². The van der Waals surface area contributed by atoms with Gasteiger partial charge in [-0.2, -0.15) is 16.8 Å². The fourth-order valence-electron chi connectivity index (χ4n) is 14.5. The van der Waals surface area contributed by atoms with Crippen LogP contribution >= 0.6 is 0 Å². The maximum Gasteiger partial charge on any atom is 0.397 e. The van der Waals surface area contributed by atoms with Crippen LogP contribution in [0.25, 0.3) is 0 Å². The zero-order valence-corrected chi connectivity index (χ0v) is 42.4. The van der Waals surface area contributed by atoms with Crippen molar-refractivity contribution in [3.63, 3.8) is 0 Å². The molecular weight excluding hydrogens is 965 g/mol. The number of Topliss-reactive ketones (excluding diaryl/α,β-unsaturated/α-hetero) is 1. The van der Waals surface area contributed by atoms with Crippen LogP contribution in [0.1, 0.15) is 126 Å². The zero-order valence-electron chi connectivity index (χ0n) is 40.7. The Kier molecular flexibility index (Phi) is 12.9. The van der Waals surface area contributed by atoms with E-state index in [9.17, 15) is 31.3 Å². The maximum atomic E-state index is 12.4. The Bertz CT molecular complexity index is 2300. The zero-order chi connectivity index (χ0) is 49.7. The molecule has 0 amide bonds. The molecule has 11 rings (SSSR count). The van der Waals surface area contributed by atoms with Gasteiger partial charge in [0.15, 0.2) is 11.5 Å². The van der Waals surface area contributed by atoms with Crippen LogP contribution in [0.4, 0.5) is 0 Å². The van der Waals surface area contributed by atoms with Gasteiger partial charge in [0.25, 0.3) is 0 Å². The molecule has 21 nitrogen and oxygen atoms in total. The van der Waals surface area contributed by atoms with E-state index in [0.717, 1.165) is 5.57 Å². The molecule has 24 atom stereocenters. The van der Waals surface area contributed by atoms with E-state index >= 15 is 0 Å². The number of ketones is 1. The molecule has 0 radical (unpaired) electrons. The number of carbonyl (C=O) groups is 1. The highest BCUT2D eigenvalue weighted by molar-refractivity contribution is 7.81. The molecule has 0 bridgehead atoms. The highest BCUT2D eigenvalue weighted by Crippen LogP contribution is 2.54. The average molecular weight is 1040 g/mol. The Morgan fingerprint density at radius 3 is 1.91 bits per heavy atom. The van der Waals surface area contributed by atoms with Gasteiger partial charge >= 0.3 is 20.8 Å². The molecule has 396 valence electrons. The Balaban J connectivity index is 0.754. The van der Waals surface area contributed by atoms with E-state index in [1.807, 2.05) is 13.8 Å². The fraction of sp³-hybridized carbons (Fsp3) is 0.936. The summed E-state index contributed by atoms with van der Waals surface area (Å²) in [7, 11) is -9.72. The summed E-state index contributed by atoms with van der Waals surface area (Å²) in [5, 5.41) is 12.1. The van der Waals surface area contributed by atoms with Gasteiger partial charge in [0, 0.05) is 64.7 Å². The van der Waals surface area contributed by atoms with E-state index in [0.29, 0.717) is 70.0 Å². The van der Waals surface area contributed by atoms with Crippen molar-refractivity contribution in [1.82, 2.24) is 0 Å². The third kappa shape index (κ3) is 9.16. The minimum Gasteiger partial charge on any atom is -0.484 e.